The lowest BCUT2D eigenvalue weighted by molar-refractivity contribution is -0.140. The van der Waals surface area contributed by atoms with Crippen molar-refractivity contribution >= 4 is 11.8 Å². The van der Waals surface area contributed by atoms with Crippen LogP contribution in [0.2, 0.25) is 0 Å². The summed E-state index contributed by atoms with van der Waals surface area (Å²) in [6.45, 7) is 6.75. The molecule has 6 heteroatoms. The highest BCUT2D eigenvalue weighted by Crippen LogP contribution is 2.19. The number of aryl methyl sites for hydroxylation is 2. The zero-order valence-electron chi connectivity index (χ0n) is 17.8. The molecule has 3 rings (SSSR count). The summed E-state index contributed by atoms with van der Waals surface area (Å²) < 4.78 is 11.3. The highest BCUT2D eigenvalue weighted by Gasteiger charge is 2.24. The predicted octanol–water partition coefficient (Wildman–Crippen LogP) is 3.21. The van der Waals surface area contributed by atoms with Crippen LogP contribution in [0.4, 0.5) is 0 Å². The van der Waals surface area contributed by atoms with E-state index in [1.807, 2.05) is 67.3 Å². The fourth-order valence-corrected chi connectivity index (χ4v) is 3.49. The highest BCUT2D eigenvalue weighted by molar-refractivity contribution is 5.79. The molecule has 1 aliphatic rings. The first-order chi connectivity index (χ1) is 14.5. The maximum Gasteiger partial charge on any atom is 0.260 e. The fourth-order valence-electron chi connectivity index (χ4n) is 3.49. The largest absolute Gasteiger partial charge is 0.494 e. The van der Waals surface area contributed by atoms with Crippen LogP contribution in [0.3, 0.4) is 0 Å². The van der Waals surface area contributed by atoms with E-state index in [-0.39, 0.29) is 18.4 Å². The molecule has 1 fully saturated rings. The molecule has 0 N–H and O–H groups in total. The van der Waals surface area contributed by atoms with Crippen molar-refractivity contribution in [2.75, 3.05) is 39.4 Å². The Morgan fingerprint density at radius 1 is 0.867 bits per heavy atom. The number of para-hydroxylation sites is 1. The van der Waals surface area contributed by atoms with Crippen molar-refractivity contribution in [1.29, 1.82) is 0 Å². The average Bonchev–Trinajstić information content (AvgIpc) is 2.76. The minimum Gasteiger partial charge on any atom is -0.494 e. The normalized spacial score (nSPS) is 13.8. The molecule has 2 aromatic carbocycles. The molecule has 0 spiro atoms. The van der Waals surface area contributed by atoms with Gasteiger partial charge in [0, 0.05) is 32.6 Å². The second-order valence-electron chi connectivity index (χ2n) is 7.58. The Labute approximate surface area is 178 Å². The number of hydrogen-bond acceptors (Lipinski definition) is 4. The van der Waals surface area contributed by atoms with Gasteiger partial charge in [0.1, 0.15) is 11.5 Å². The third kappa shape index (κ3) is 6.24. The van der Waals surface area contributed by atoms with Crippen LogP contribution in [-0.2, 0) is 9.59 Å². The molecule has 0 bridgehead atoms. The van der Waals surface area contributed by atoms with Gasteiger partial charge in [0.05, 0.1) is 6.61 Å². The SMILES string of the molecule is Cc1ccc(OCC(=O)N2CCN(C(=O)CCCOc3ccccc3)CC2)c(C)c1. The molecule has 2 aromatic rings. The van der Waals surface area contributed by atoms with Gasteiger partial charge in [-0.25, -0.2) is 0 Å². The number of piperazine rings is 1. The van der Waals surface area contributed by atoms with Gasteiger partial charge in [0.2, 0.25) is 5.91 Å². The molecule has 1 aliphatic heterocycles. The van der Waals surface area contributed by atoms with Crippen molar-refractivity contribution in [3.63, 3.8) is 0 Å². The van der Waals surface area contributed by atoms with E-state index in [0.717, 1.165) is 17.1 Å². The second-order valence-corrected chi connectivity index (χ2v) is 7.58. The fraction of sp³-hybridized carbons (Fsp3) is 0.417. The Kier molecular flexibility index (Phi) is 7.71. The molecule has 0 atom stereocenters. The molecular weight excluding hydrogens is 380 g/mol. The molecule has 0 aromatic heterocycles. The van der Waals surface area contributed by atoms with Crippen LogP contribution in [0.15, 0.2) is 48.5 Å². The molecule has 0 saturated carbocycles. The third-order valence-electron chi connectivity index (χ3n) is 5.21. The standard InChI is InChI=1S/C24H30N2O4/c1-19-10-11-22(20(2)17-19)30-18-24(28)26-14-12-25(13-15-26)23(27)9-6-16-29-21-7-4-3-5-8-21/h3-5,7-8,10-11,17H,6,9,12-16,18H2,1-2H3. The van der Waals surface area contributed by atoms with E-state index in [1.54, 1.807) is 4.90 Å². The number of nitrogens with zero attached hydrogens (tertiary/aromatic N) is 2. The topological polar surface area (TPSA) is 59.1 Å². The van der Waals surface area contributed by atoms with E-state index in [0.29, 0.717) is 45.6 Å². The van der Waals surface area contributed by atoms with Gasteiger partial charge in [0.25, 0.3) is 5.91 Å². The van der Waals surface area contributed by atoms with Crippen molar-refractivity contribution in [2.24, 2.45) is 0 Å². The number of ether oxygens (including phenoxy) is 2. The van der Waals surface area contributed by atoms with E-state index in [2.05, 4.69) is 0 Å². The van der Waals surface area contributed by atoms with Crippen molar-refractivity contribution in [3.05, 3.63) is 59.7 Å². The van der Waals surface area contributed by atoms with E-state index in [4.69, 9.17) is 9.47 Å². The molecular formula is C24H30N2O4. The lowest BCUT2D eigenvalue weighted by Gasteiger charge is -2.34. The summed E-state index contributed by atoms with van der Waals surface area (Å²) in [6, 6.07) is 15.5. The summed E-state index contributed by atoms with van der Waals surface area (Å²) in [7, 11) is 0. The molecule has 160 valence electrons. The summed E-state index contributed by atoms with van der Waals surface area (Å²) in [6.07, 6.45) is 1.13. The second kappa shape index (κ2) is 10.7. The first-order valence-electron chi connectivity index (χ1n) is 10.5. The van der Waals surface area contributed by atoms with Gasteiger partial charge in [-0.1, -0.05) is 35.9 Å². The van der Waals surface area contributed by atoms with Gasteiger partial charge in [-0.15, -0.1) is 0 Å². The first kappa shape index (κ1) is 21.7. The van der Waals surface area contributed by atoms with Gasteiger partial charge in [-0.05, 0) is 44.0 Å². The van der Waals surface area contributed by atoms with Crippen molar-refractivity contribution < 1.29 is 19.1 Å². The lowest BCUT2D eigenvalue weighted by Crippen LogP contribution is -2.51. The van der Waals surface area contributed by atoms with Gasteiger partial charge >= 0.3 is 0 Å². The van der Waals surface area contributed by atoms with Gasteiger partial charge in [-0.3, -0.25) is 9.59 Å². The van der Waals surface area contributed by atoms with Gasteiger partial charge in [-0.2, -0.15) is 0 Å². The average molecular weight is 411 g/mol. The van der Waals surface area contributed by atoms with Crippen LogP contribution in [0.5, 0.6) is 11.5 Å². The van der Waals surface area contributed by atoms with Crippen LogP contribution >= 0.6 is 0 Å². The van der Waals surface area contributed by atoms with E-state index >= 15 is 0 Å². The number of carbonyl (C=O) groups is 2. The van der Waals surface area contributed by atoms with Crippen LogP contribution in [0.25, 0.3) is 0 Å². The third-order valence-corrected chi connectivity index (χ3v) is 5.21. The number of hydrogen-bond donors (Lipinski definition) is 0. The molecule has 1 heterocycles. The molecule has 1 saturated heterocycles. The monoisotopic (exact) mass is 410 g/mol. The zero-order valence-corrected chi connectivity index (χ0v) is 17.8. The molecule has 0 unspecified atom stereocenters. The molecule has 30 heavy (non-hydrogen) atoms. The van der Waals surface area contributed by atoms with Crippen LogP contribution in [0.1, 0.15) is 24.0 Å². The van der Waals surface area contributed by atoms with Crippen molar-refractivity contribution in [3.8, 4) is 11.5 Å². The molecule has 2 amide bonds. The van der Waals surface area contributed by atoms with Crippen molar-refractivity contribution in [1.82, 2.24) is 9.80 Å². The van der Waals surface area contributed by atoms with Crippen LogP contribution in [-0.4, -0.2) is 61.0 Å². The summed E-state index contributed by atoms with van der Waals surface area (Å²) in [5.74, 6) is 1.63. The summed E-state index contributed by atoms with van der Waals surface area (Å²) in [5.41, 5.74) is 2.19. The van der Waals surface area contributed by atoms with Crippen LogP contribution in [0, 0.1) is 13.8 Å². The predicted molar refractivity (Wildman–Crippen MR) is 116 cm³/mol. The molecule has 0 radical (unpaired) electrons. The minimum absolute atomic E-state index is 0.0225. The summed E-state index contributed by atoms with van der Waals surface area (Å²) in [4.78, 5) is 28.5. The van der Waals surface area contributed by atoms with Crippen LogP contribution < -0.4 is 9.47 Å². The number of amides is 2. The number of carbonyl (C=O) groups excluding carboxylic acids is 2. The highest BCUT2D eigenvalue weighted by atomic mass is 16.5. The molecule has 0 aliphatic carbocycles. The Morgan fingerprint density at radius 3 is 2.20 bits per heavy atom. The number of rotatable bonds is 8. The van der Waals surface area contributed by atoms with Crippen molar-refractivity contribution in [2.45, 2.75) is 26.7 Å². The minimum atomic E-state index is -0.0432. The lowest BCUT2D eigenvalue weighted by atomic mass is 10.1. The Hall–Kier alpha value is -3.02. The molecule has 6 nitrogen and oxygen atoms in total. The summed E-state index contributed by atoms with van der Waals surface area (Å²) >= 11 is 0. The van der Waals surface area contributed by atoms with E-state index in [1.165, 1.54) is 5.56 Å². The first-order valence-corrected chi connectivity index (χ1v) is 10.5. The number of benzene rings is 2. The van der Waals surface area contributed by atoms with Gasteiger partial charge in [0.15, 0.2) is 6.61 Å². The maximum atomic E-state index is 12.5. The van der Waals surface area contributed by atoms with E-state index in [9.17, 15) is 9.59 Å². The van der Waals surface area contributed by atoms with E-state index < -0.39 is 0 Å². The van der Waals surface area contributed by atoms with Gasteiger partial charge < -0.3 is 19.3 Å². The quantitative estimate of drug-likeness (QED) is 0.627. The Bertz CT molecular complexity index is 846. The Morgan fingerprint density at radius 2 is 1.53 bits per heavy atom. The maximum absolute atomic E-state index is 12.5. The summed E-state index contributed by atoms with van der Waals surface area (Å²) in [5, 5.41) is 0. The smallest absolute Gasteiger partial charge is 0.260 e. The zero-order chi connectivity index (χ0) is 21.3. The Balaban J connectivity index is 1.34.